The molecule has 0 saturated heterocycles. The number of rotatable bonds is 2. The fraction of sp³-hybridized carbons (Fsp3) is 0.100. The molecule has 0 bridgehead atoms. The first kappa shape index (κ1) is 18.7. The second-order valence-corrected chi connectivity index (χ2v) is 7.49. The van der Waals surface area contributed by atoms with Crippen molar-refractivity contribution in [1.29, 1.82) is 0 Å². The molecule has 1 N–H and O–H groups in total. The maximum absolute atomic E-state index is 13.5. The fourth-order valence-electron chi connectivity index (χ4n) is 3.24. The van der Waals surface area contributed by atoms with E-state index in [0.29, 0.717) is 26.5 Å². The first-order valence-electron chi connectivity index (χ1n) is 8.33. The van der Waals surface area contributed by atoms with Crippen LogP contribution in [0.5, 0.6) is 0 Å². The number of benzene rings is 2. The van der Waals surface area contributed by atoms with E-state index in [1.807, 2.05) is 0 Å². The first-order valence-corrected chi connectivity index (χ1v) is 9.50. The lowest BCUT2D eigenvalue weighted by molar-refractivity contribution is -0.117. The zero-order valence-corrected chi connectivity index (χ0v) is 16.6. The average molecular weight is 464 g/mol. The van der Waals surface area contributed by atoms with Gasteiger partial charge in [-0.2, -0.15) is 0 Å². The maximum Gasteiger partial charge on any atom is 0.290 e. The zero-order chi connectivity index (χ0) is 19.8. The second kappa shape index (κ2) is 7.41. The molecule has 2 heterocycles. The molecule has 0 fully saturated rings. The van der Waals surface area contributed by atoms with Gasteiger partial charge in [0.15, 0.2) is 10.4 Å². The van der Waals surface area contributed by atoms with Crippen molar-refractivity contribution in [2.24, 2.45) is 0 Å². The Kier molecular flexibility index (Phi) is 4.95. The van der Waals surface area contributed by atoms with Crippen LogP contribution in [0.4, 0.5) is 10.1 Å². The van der Waals surface area contributed by atoms with Gasteiger partial charge in [-0.05, 0) is 64.0 Å². The number of furan rings is 1. The summed E-state index contributed by atoms with van der Waals surface area (Å²) in [5.41, 5.74) is 1.81. The molecule has 0 unspecified atom stereocenters. The van der Waals surface area contributed by atoms with Crippen LogP contribution in [0.1, 0.15) is 27.7 Å². The van der Waals surface area contributed by atoms with Gasteiger partial charge in [-0.25, -0.2) is 4.39 Å². The van der Waals surface area contributed by atoms with Gasteiger partial charge in [-0.3, -0.25) is 9.59 Å². The number of carbonyl (C=O) groups is 2. The quantitative estimate of drug-likeness (QED) is 0.580. The highest BCUT2D eigenvalue weighted by atomic mass is 79.9. The zero-order valence-electron chi connectivity index (χ0n) is 14.3. The molecule has 1 aromatic heterocycles. The monoisotopic (exact) mass is 462 g/mol. The number of carbonyl (C=O) groups excluding carboxylic acids is 2. The molecule has 3 aromatic rings. The Morgan fingerprint density at radius 3 is 2.61 bits per heavy atom. The standard InChI is InChI=1S/C20H13BrClFN2O3/c21-17-8-7-16(28-17)20(27)25-10-18(26)24-15-6-3-12(22)9-14(15)19(25)11-1-4-13(23)5-2-11/h1-9,19H,10H2,(H,24,26)/t19-/m0/s1. The minimum atomic E-state index is -0.662. The SMILES string of the molecule is O=C1CN(C(=O)c2ccc(Br)o2)[C@@H](c2ccc(F)cc2)c2cc(Cl)ccc2N1. The minimum absolute atomic E-state index is 0.0808. The third-order valence-electron chi connectivity index (χ3n) is 4.44. The highest BCUT2D eigenvalue weighted by Gasteiger charge is 2.35. The Balaban J connectivity index is 1.89. The van der Waals surface area contributed by atoms with Crippen molar-refractivity contribution in [3.8, 4) is 0 Å². The van der Waals surface area contributed by atoms with Crippen LogP contribution in [0.25, 0.3) is 0 Å². The summed E-state index contributed by atoms with van der Waals surface area (Å²) in [4.78, 5) is 27.0. The van der Waals surface area contributed by atoms with Gasteiger partial charge in [-0.15, -0.1) is 0 Å². The van der Waals surface area contributed by atoms with Crippen LogP contribution < -0.4 is 5.32 Å². The molecule has 1 aliphatic heterocycles. The lowest BCUT2D eigenvalue weighted by Gasteiger charge is -2.30. The summed E-state index contributed by atoms with van der Waals surface area (Å²) in [7, 11) is 0. The van der Waals surface area contributed by atoms with Crippen molar-refractivity contribution < 1.29 is 18.4 Å². The molecular formula is C20H13BrClFN2O3. The van der Waals surface area contributed by atoms with Gasteiger partial charge in [0.2, 0.25) is 5.91 Å². The number of anilines is 1. The van der Waals surface area contributed by atoms with E-state index in [2.05, 4.69) is 21.2 Å². The minimum Gasteiger partial charge on any atom is -0.444 e. The number of hydrogen-bond acceptors (Lipinski definition) is 3. The number of hydrogen-bond donors (Lipinski definition) is 1. The lowest BCUT2D eigenvalue weighted by Crippen LogP contribution is -2.38. The summed E-state index contributed by atoms with van der Waals surface area (Å²) >= 11 is 9.37. The molecule has 1 aliphatic rings. The Bertz CT molecular complexity index is 1070. The van der Waals surface area contributed by atoms with Crippen molar-refractivity contribution in [2.75, 3.05) is 11.9 Å². The molecule has 8 heteroatoms. The van der Waals surface area contributed by atoms with E-state index >= 15 is 0 Å². The van der Waals surface area contributed by atoms with Gasteiger partial charge in [0.1, 0.15) is 12.4 Å². The second-order valence-electron chi connectivity index (χ2n) is 6.27. The van der Waals surface area contributed by atoms with Crippen LogP contribution >= 0.6 is 27.5 Å². The van der Waals surface area contributed by atoms with Crippen molar-refractivity contribution in [1.82, 2.24) is 4.90 Å². The average Bonchev–Trinajstić information content (AvgIpc) is 3.04. The third kappa shape index (κ3) is 3.55. The molecule has 2 aromatic carbocycles. The third-order valence-corrected chi connectivity index (χ3v) is 5.10. The summed E-state index contributed by atoms with van der Waals surface area (Å²) in [5, 5.41) is 3.25. The Hall–Kier alpha value is -2.64. The van der Waals surface area contributed by atoms with E-state index in [4.69, 9.17) is 16.0 Å². The van der Waals surface area contributed by atoms with Crippen LogP contribution in [0, 0.1) is 5.82 Å². The van der Waals surface area contributed by atoms with Crippen molar-refractivity contribution in [2.45, 2.75) is 6.04 Å². The predicted octanol–water partition coefficient (Wildman–Crippen LogP) is 5.02. The van der Waals surface area contributed by atoms with Crippen LogP contribution in [0.2, 0.25) is 5.02 Å². The van der Waals surface area contributed by atoms with Crippen LogP contribution in [-0.4, -0.2) is 23.3 Å². The molecule has 0 aliphatic carbocycles. The summed E-state index contributed by atoms with van der Waals surface area (Å²) in [6.07, 6.45) is 0. The van der Waals surface area contributed by atoms with Gasteiger partial charge in [0.05, 0.1) is 6.04 Å². The summed E-state index contributed by atoms with van der Waals surface area (Å²) in [6, 6.07) is 13.3. The van der Waals surface area contributed by atoms with E-state index in [0.717, 1.165) is 0 Å². The number of halogens is 3. The van der Waals surface area contributed by atoms with E-state index in [-0.39, 0.29) is 18.2 Å². The highest BCUT2D eigenvalue weighted by molar-refractivity contribution is 9.10. The van der Waals surface area contributed by atoms with Gasteiger partial charge in [0.25, 0.3) is 5.91 Å². The smallest absolute Gasteiger partial charge is 0.290 e. The largest absolute Gasteiger partial charge is 0.444 e. The summed E-state index contributed by atoms with van der Waals surface area (Å²) < 4.78 is 19.3. The van der Waals surface area contributed by atoms with Gasteiger partial charge in [0, 0.05) is 16.3 Å². The molecule has 5 nitrogen and oxygen atoms in total. The van der Waals surface area contributed by atoms with Crippen molar-refractivity contribution in [3.63, 3.8) is 0 Å². The van der Waals surface area contributed by atoms with Gasteiger partial charge >= 0.3 is 0 Å². The predicted molar refractivity (Wildman–Crippen MR) is 106 cm³/mol. The Morgan fingerprint density at radius 1 is 1.18 bits per heavy atom. The van der Waals surface area contributed by atoms with Gasteiger partial charge in [-0.1, -0.05) is 23.7 Å². The maximum atomic E-state index is 13.5. The molecule has 2 amide bonds. The Morgan fingerprint density at radius 2 is 1.93 bits per heavy atom. The van der Waals surface area contributed by atoms with E-state index in [9.17, 15) is 14.0 Å². The van der Waals surface area contributed by atoms with Crippen LogP contribution in [-0.2, 0) is 4.79 Å². The Labute approximate surface area is 173 Å². The normalized spacial score (nSPS) is 16.3. The number of nitrogens with zero attached hydrogens (tertiary/aromatic N) is 1. The fourth-order valence-corrected chi connectivity index (χ4v) is 3.73. The molecule has 0 spiro atoms. The van der Waals surface area contributed by atoms with Crippen molar-refractivity contribution in [3.05, 3.63) is 87.0 Å². The molecule has 1 atom stereocenters. The summed E-state index contributed by atoms with van der Waals surface area (Å²) in [5.74, 6) is -1.14. The molecule has 4 rings (SSSR count). The van der Waals surface area contributed by atoms with E-state index in [1.54, 1.807) is 36.4 Å². The lowest BCUT2D eigenvalue weighted by atomic mass is 9.95. The topological polar surface area (TPSA) is 62.6 Å². The number of amides is 2. The number of nitrogens with one attached hydrogen (secondary N) is 1. The molecule has 142 valence electrons. The van der Waals surface area contributed by atoms with Crippen LogP contribution in [0.15, 0.2) is 63.7 Å². The summed E-state index contributed by atoms with van der Waals surface area (Å²) in [6.45, 7) is -0.203. The van der Waals surface area contributed by atoms with E-state index < -0.39 is 17.8 Å². The number of fused-ring (bicyclic) bond motifs is 1. The molecule has 0 radical (unpaired) electrons. The molecular weight excluding hydrogens is 451 g/mol. The van der Waals surface area contributed by atoms with Crippen LogP contribution in [0.3, 0.4) is 0 Å². The molecule has 28 heavy (non-hydrogen) atoms. The van der Waals surface area contributed by atoms with Crippen molar-refractivity contribution >= 4 is 45.0 Å². The van der Waals surface area contributed by atoms with Gasteiger partial charge < -0.3 is 14.6 Å². The molecule has 0 saturated carbocycles. The highest BCUT2D eigenvalue weighted by Crippen LogP contribution is 2.38. The van der Waals surface area contributed by atoms with E-state index in [1.165, 1.54) is 23.1 Å². The first-order chi connectivity index (χ1) is 13.4.